The Morgan fingerprint density at radius 1 is 1.26 bits per heavy atom. The Hall–Kier alpha value is -2.23. The van der Waals surface area contributed by atoms with Crippen molar-refractivity contribution in [3.8, 4) is 0 Å². The minimum atomic E-state index is -0.552. The van der Waals surface area contributed by atoms with Crippen LogP contribution in [0.2, 0.25) is 5.02 Å². The number of hydrogen-bond acceptors (Lipinski definition) is 5. The third-order valence-electron chi connectivity index (χ3n) is 3.68. The molecule has 1 saturated heterocycles. The lowest BCUT2D eigenvalue weighted by atomic mass is 10.1. The topological polar surface area (TPSA) is 80.5 Å². The summed E-state index contributed by atoms with van der Waals surface area (Å²) < 4.78 is 13.4. The van der Waals surface area contributed by atoms with Gasteiger partial charge in [0.2, 0.25) is 0 Å². The molecule has 1 aliphatic rings. The van der Waals surface area contributed by atoms with Crippen LogP contribution in [0.15, 0.2) is 45.8 Å². The standard InChI is InChI=1S/C17H9BrClFN2O4S/c18-12-4-1-9(5-14(12)22(25)26)6-15-16(23)21(17(24)27-15)8-10-2-3-11(20)7-13(10)19/h1-7H,8H2/b15-6-. The van der Waals surface area contributed by atoms with Crippen LogP contribution in [0.1, 0.15) is 11.1 Å². The predicted molar refractivity (Wildman–Crippen MR) is 104 cm³/mol. The van der Waals surface area contributed by atoms with E-state index in [1.165, 1.54) is 30.3 Å². The normalized spacial score (nSPS) is 15.7. The van der Waals surface area contributed by atoms with Crippen LogP contribution in [0.5, 0.6) is 0 Å². The van der Waals surface area contributed by atoms with Crippen LogP contribution in [0.3, 0.4) is 0 Å². The predicted octanol–water partition coefficient (Wildman–Crippen LogP) is 5.39. The van der Waals surface area contributed by atoms with Crippen molar-refractivity contribution < 1.29 is 18.9 Å². The average molecular weight is 472 g/mol. The van der Waals surface area contributed by atoms with Crippen molar-refractivity contribution in [1.82, 2.24) is 4.90 Å². The Morgan fingerprint density at radius 3 is 2.67 bits per heavy atom. The van der Waals surface area contributed by atoms with Crippen LogP contribution in [-0.2, 0) is 11.3 Å². The Kier molecular flexibility index (Phi) is 5.64. The van der Waals surface area contributed by atoms with Crippen molar-refractivity contribution in [2.45, 2.75) is 6.54 Å². The maximum absolute atomic E-state index is 13.1. The van der Waals surface area contributed by atoms with Gasteiger partial charge in [-0.15, -0.1) is 0 Å². The molecule has 1 aliphatic heterocycles. The van der Waals surface area contributed by atoms with Crippen molar-refractivity contribution >= 4 is 62.2 Å². The summed E-state index contributed by atoms with van der Waals surface area (Å²) in [4.78, 5) is 36.3. The van der Waals surface area contributed by atoms with Crippen molar-refractivity contribution in [2.24, 2.45) is 0 Å². The number of thioether (sulfide) groups is 1. The molecule has 10 heteroatoms. The quantitative estimate of drug-likeness (QED) is 0.339. The molecule has 138 valence electrons. The van der Waals surface area contributed by atoms with E-state index >= 15 is 0 Å². The van der Waals surface area contributed by atoms with Crippen molar-refractivity contribution in [3.05, 3.63) is 77.9 Å². The van der Waals surface area contributed by atoms with Crippen molar-refractivity contribution in [2.75, 3.05) is 0 Å². The summed E-state index contributed by atoms with van der Waals surface area (Å²) in [5.41, 5.74) is 0.692. The largest absolute Gasteiger partial charge is 0.293 e. The van der Waals surface area contributed by atoms with Crippen molar-refractivity contribution in [3.63, 3.8) is 0 Å². The zero-order valence-electron chi connectivity index (χ0n) is 13.3. The number of halogens is 3. The van der Waals surface area contributed by atoms with Gasteiger partial charge in [-0.3, -0.25) is 24.6 Å². The summed E-state index contributed by atoms with van der Waals surface area (Å²) in [5.74, 6) is -1.06. The van der Waals surface area contributed by atoms with Crippen LogP contribution in [-0.4, -0.2) is 21.0 Å². The van der Waals surface area contributed by atoms with Gasteiger partial charge in [0, 0.05) is 11.1 Å². The highest BCUT2D eigenvalue weighted by molar-refractivity contribution is 9.10. The molecule has 0 spiro atoms. The summed E-state index contributed by atoms with van der Waals surface area (Å²) in [6, 6.07) is 8.08. The number of nitrogens with zero attached hydrogens (tertiary/aromatic N) is 2. The molecule has 1 fully saturated rings. The first-order valence-electron chi connectivity index (χ1n) is 7.39. The summed E-state index contributed by atoms with van der Waals surface area (Å²) in [6.07, 6.45) is 1.41. The van der Waals surface area contributed by atoms with Gasteiger partial charge < -0.3 is 0 Å². The van der Waals surface area contributed by atoms with Gasteiger partial charge in [0.05, 0.1) is 20.8 Å². The maximum atomic E-state index is 13.1. The second-order valence-electron chi connectivity index (χ2n) is 5.47. The Labute approximate surface area is 170 Å². The molecule has 2 amide bonds. The highest BCUT2D eigenvalue weighted by atomic mass is 79.9. The molecule has 0 saturated carbocycles. The molecule has 1 heterocycles. The average Bonchev–Trinajstić information content (AvgIpc) is 2.86. The molecule has 0 bridgehead atoms. The molecule has 0 radical (unpaired) electrons. The molecule has 0 aliphatic carbocycles. The molecule has 0 N–H and O–H groups in total. The molecule has 2 aromatic rings. The van der Waals surface area contributed by atoms with Crippen LogP contribution >= 0.6 is 39.3 Å². The molecule has 0 aromatic heterocycles. The van der Waals surface area contributed by atoms with Gasteiger partial charge in [-0.2, -0.15) is 0 Å². The van der Waals surface area contributed by atoms with Gasteiger partial charge in [-0.05, 0) is 63.1 Å². The third-order valence-corrected chi connectivity index (χ3v) is 5.61. The summed E-state index contributed by atoms with van der Waals surface area (Å²) in [7, 11) is 0. The number of nitro benzene ring substituents is 1. The molecule has 6 nitrogen and oxygen atoms in total. The Balaban J connectivity index is 1.86. The summed E-state index contributed by atoms with van der Waals surface area (Å²) in [5, 5.41) is 10.6. The van der Waals surface area contributed by atoms with Crippen LogP contribution in [0.25, 0.3) is 6.08 Å². The van der Waals surface area contributed by atoms with Gasteiger partial charge in [0.1, 0.15) is 5.82 Å². The lowest BCUT2D eigenvalue weighted by molar-refractivity contribution is -0.385. The number of imide groups is 1. The molecule has 3 rings (SSSR count). The van der Waals surface area contributed by atoms with Crippen LogP contribution in [0, 0.1) is 15.9 Å². The lowest BCUT2D eigenvalue weighted by Crippen LogP contribution is -2.27. The first-order valence-corrected chi connectivity index (χ1v) is 9.38. The third kappa shape index (κ3) is 4.20. The van der Waals surface area contributed by atoms with E-state index in [0.29, 0.717) is 15.6 Å². The first kappa shape index (κ1) is 19.5. The van der Waals surface area contributed by atoms with E-state index in [0.717, 1.165) is 22.7 Å². The maximum Gasteiger partial charge on any atom is 0.293 e. The number of amides is 2. The first-order chi connectivity index (χ1) is 12.8. The second kappa shape index (κ2) is 7.79. The fourth-order valence-electron chi connectivity index (χ4n) is 2.37. The SMILES string of the molecule is O=C1S/C(=C\c2ccc(Br)c([N+](=O)[O-])c2)C(=O)N1Cc1ccc(F)cc1Cl. The zero-order chi connectivity index (χ0) is 19.7. The molecule has 2 aromatic carbocycles. The lowest BCUT2D eigenvalue weighted by Gasteiger charge is -2.13. The van der Waals surface area contributed by atoms with E-state index in [-0.39, 0.29) is 22.2 Å². The van der Waals surface area contributed by atoms with E-state index in [1.54, 1.807) is 6.07 Å². The van der Waals surface area contributed by atoms with Crippen LogP contribution < -0.4 is 0 Å². The van der Waals surface area contributed by atoms with Gasteiger partial charge >= 0.3 is 0 Å². The number of carbonyl (C=O) groups excluding carboxylic acids is 2. The van der Waals surface area contributed by atoms with Gasteiger partial charge in [0.15, 0.2) is 0 Å². The highest BCUT2D eigenvalue weighted by Crippen LogP contribution is 2.35. The van der Waals surface area contributed by atoms with Crippen LogP contribution in [0.4, 0.5) is 14.9 Å². The number of benzene rings is 2. The second-order valence-corrected chi connectivity index (χ2v) is 7.73. The zero-order valence-corrected chi connectivity index (χ0v) is 16.5. The van der Waals surface area contributed by atoms with E-state index in [2.05, 4.69) is 15.9 Å². The van der Waals surface area contributed by atoms with Gasteiger partial charge in [-0.1, -0.05) is 23.7 Å². The molecule has 27 heavy (non-hydrogen) atoms. The molecule has 0 atom stereocenters. The summed E-state index contributed by atoms with van der Waals surface area (Å²) >= 11 is 9.76. The number of nitro groups is 1. The number of rotatable bonds is 4. The molecule has 0 unspecified atom stereocenters. The molecular weight excluding hydrogens is 463 g/mol. The monoisotopic (exact) mass is 470 g/mol. The van der Waals surface area contributed by atoms with E-state index in [9.17, 15) is 24.1 Å². The minimum Gasteiger partial charge on any atom is -0.268 e. The fraction of sp³-hybridized carbons (Fsp3) is 0.0588. The number of hydrogen-bond donors (Lipinski definition) is 0. The Bertz CT molecular complexity index is 1010. The highest BCUT2D eigenvalue weighted by Gasteiger charge is 2.35. The van der Waals surface area contributed by atoms with E-state index < -0.39 is 21.9 Å². The van der Waals surface area contributed by atoms with E-state index in [1.807, 2.05) is 0 Å². The van der Waals surface area contributed by atoms with Crippen molar-refractivity contribution in [1.29, 1.82) is 0 Å². The van der Waals surface area contributed by atoms with Gasteiger partial charge in [-0.25, -0.2) is 4.39 Å². The van der Waals surface area contributed by atoms with Gasteiger partial charge in [0.25, 0.3) is 16.8 Å². The molecular formula is C17H9BrClFN2O4S. The minimum absolute atomic E-state index is 0.0956. The van der Waals surface area contributed by atoms with E-state index in [4.69, 9.17) is 11.6 Å². The summed E-state index contributed by atoms with van der Waals surface area (Å²) in [6.45, 7) is -0.0956. The smallest absolute Gasteiger partial charge is 0.268 e. The fourth-order valence-corrected chi connectivity index (χ4v) is 3.82. The number of carbonyl (C=O) groups is 2. The Morgan fingerprint density at radius 2 is 2.00 bits per heavy atom.